The summed E-state index contributed by atoms with van der Waals surface area (Å²) in [5.74, 6) is -0.106. The van der Waals surface area contributed by atoms with Crippen LogP contribution in [-0.2, 0) is 4.79 Å². The van der Waals surface area contributed by atoms with Crippen LogP contribution in [0.25, 0.3) is 0 Å². The number of amides is 2. The molecule has 0 atom stereocenters. The second kappa shape index (κ2) is 9.08. The summed E-state index contributed by atoms with van der Waals surface area (Å²) < 4.78 is 0.728. The average molecular weight is 359 g/mol. The highest BCUT2D eigenvalue weighted by atomic mass is 32.2. The molecule has 7 heteroatoms. The van der Waals surface area contributed by atoms with Gasteiger partial charge in [0.05, 0.1) is 5.75 Å². The molecular weight excluding hydrogens is 338 g/mol. The molecule has 0 saturated heterocycles. The summed E-state index contributed by atoms with van der Waals surface area (Å²) in [6.07, 6.45) is 1.39. The molecule has 2 amide bonds. The van der Waals surface area contributed by atoms with Crippen molar-refractivity contribution in [1.82, 2.24) is 4.90 Å². The van der Waals surface area contributed by atoms with Crippen LogP contribution in [0.2, 0.25) is 0 Å². The Labute approximate surface area is 151 Å². The molecule has 2 aromatic rings. The Morgan fingerprint density at radius 1 is 1.12 bits per heavy atom. The fourth-order valence-electron chi connectivity index (χ4n) is 2.25. The van der Waals surface area contributed by atoms with Crippen molar-refractivity contribution in [3.8, 4) is 0 Å². The van der Waals surface area contributed by atoms with Gasteiger partial charge in [0, 0.05) is 36.5 Å². The largest absolute Gasteiger partial charge is 0.618 e. The molecule has 0 aliphatic rings. The zero-order valence-corrected chi connectivity index (χ0v) is 15.1. The van der Waals surface area contributed by atoms with E-state index in [0.717, 1.165) is 4.73 Å². The summed E-state index contributed by atoms with van der Waals surface area (Å²) >= 11 is 1.17. The molecule has 6 nitrogen and oxygen atoms in total. The topological polar surface area (TPSA) is 76.4 Å². The van der Waals surface area contributed by atoms with Crippen molar-refractivity contribution in [2.24, 2.45) is 0 Å². The van der Waals surface area contributed by atoms with Crippen molar-refractivity contribution < 1.29 is 14.3 Å². The van der Waals surface area contributed by atoms with Crippen molar-refractivity contribution in [1.29, 1.82) is 0 Å². The smallest absolute Gasteiger partial charge is 0.253 e. The Kier molecular flexibility index (Phi) is 6.82. The summed E-state index contributed by atoms with van der Waals surface area (Å²) in [7, 11) is 0. The van der Waals surface area contributed by atoms with E-state index in [9.17, 15) is 14.8 Å². The van der Waals surface area contributed by atoms with E-state index in [-0.39, 0.29) is 17.6 Å². The molecular formula is C18H21N3O3S. The van der Waals surface area contributed by atoms with Crippen molar-refractivity contribution in [3.63, 3.8) is 0 Å². The second-order valence-corrected chi connectivity index (χ2v) is 6.25. The molecule has 0 aliphatic heterocycles. The number of aromatic nitrogens is 1. The molecule has 2 rings (SSSR count). The van der Waals surface area contributed by atoms with E-state index < -0.39 is 0 Å². The van der Waals surface area contributed by atoms with Gasteiger partial charge in [-0.3, -0.25) is 9.59 Å². The molecule has 0 unspecified atom stereocenters. The molecule has 0 saturated carbocycles. The fraction of sp³-hybridized carbons (Fsp3) is 0.278. The second-order valence-electron chi connectivity index (χ2n) is 5.26. The van der Waals surface area contributed by atoms with Crippen molar-refractivity contribution in [2.75, 3.05) is 24.2 Å². The molecule has 1 N–H and O–H groups in total. The first kappa shape index (κ1) is 18.8. The van der Waals surface area contributed by atoms with Crippen molar-refractivity contribution in [2.45, 2.75) is 18.9 Å². The summed E-state index contributed by atoms with van der Waals surface area (Å²) in [5, 5.41) is 14.8. The summed E-state index contributed by atoms with van der Waals surface area (Å²) in [5.41, 5.74) is 1.21. The monoisotopic (exact) mass is 359 g/mol. The highest BCUT2D eigenvalue weighted by molar-refractivity contribution is 7.99. The van der Waals surface area contributed by atoms with Gasteiger partial charge in [-0.2, -0.15) is 4.73 Å². The van der Waals surface area contributed by atoms with Gasteiger partial charge in [-0.25, -0.2) is 0 Å². The lowest BCUT2D eigenvalue weighted by Crippen LogP contribution is -2.30. The molecule has 0 aliphatic carbocycles. The van der Waals surface area contributed by atoms with Gasteiger partial charge in [0.15, 0.2) is 6.20 Å². The van der Waals surface area contributed by atoms with Crippen molar-refractivity contribution in [3.05, 3.63) is 59.4 Å². The number of carbonyl (C=O) groups excluding carboxylic acids is 2. The number of anilines is 1. The molecule has 1 heterocycles. The molecule has 0 fully saturated rings. The summed E-state index contributed by atoms with van der Waals surface area (Å²) in [4.78, 5) is 26.0. The van der Waals surface area contributed by atoms with E-state index in [1.165, 1.54) is 18.0 Å². The molecule has 0 radical (unpaired) electrons. The molecule has 0 spiro atoms. The van der Waals surface area contributed by atoms with Gasteiger partial charge < -0.3 is 15.4 Å². The van der Waals surface area contributed by atoms with Crippen LogP contribution in [0.4, 0.5) is 5.69 Å². The van der Waals surface area contributed by atoms with Gasteiger partial charge in [-0.1, -0.05) is 0 Å². The van der Waals surface area contributed by atoms with Crippen LogP contribution in [0.15, 0.2) is 53.7 Å². The zero-order chi connectivity index (χ0) is 18.2. The zero-order valence-electron chi connectivity index (χ0n) is 14.3. The number of pyridine rings is 1. The van der Waals surface area contributed by atoms with Crippen LogP contribution >= 0.6 is 11.8 Å². The van der Waals surface area contributed by atoms with Crippen LogP contribution in [0.3, 0.4) is 0 Å². The minimum absolute atomic E-state index is 0.0255. The molecule has 25 heavy (non-hydrogen) atoms. The number of benzene rings is 1. The van der Waals surface area contributed by atoms with E-state index >= 15 is 0 Å². The van der Waals surface area contributed by atoms with Gasteiger partial charge >= 0.3 is 0 Å². The Bertz CT molecular complexity index is 731. The van der Waals surface area contributed by atoms with Crippen LogP contribution < -0.4 is 10.0 Å². The number of hydrogen-bond acceptors (Lipinski definition) is 4. The Morgan fingerprint density at radius 3 is 2.40 bits per heavy atom. The molecule has 1 aromatic heterocycles. The number of carbonyl (C=O) groups is 2. The minimum Gasteiger partial charge on any atom is -0.618 e. The van der Waals surface area contributed by atoms with E-state index in [2.05, 4.69) is 5.32 Å². The van der Waals surface area contributed by atoms with Gasteiger partial charge in [-0.15, -0.1) is 0 Å². The molecule has 0 bridgehead atoms. The lowest BCUT2D eigenvalue weighted by Gasteiger charge is -2.18. The molecule has 132 valence electrons. The molecule has 1 aromatic carbocycles. The third kappa shape index (κ3) is 5.22. The Balaban J connectivity index is 1.91. The Hall–Kier alpha value is -2.54. The van der Waals surface area contributed by atoms with E-state index in [1.54, 1.807) is 47.4 Å². The van der Waals surface area contributed by atoms with Gasteiger partial charge in [0.2, 0.25) is 5.91 Å². The summed E-state index contributed by atoms with van der Waals surface area (Å²) in [6, 6.07) is 11.9. The van der Waals surface area contributed by atoms with Crippen LogP contribution in [0.1, 0.15) is 24.2 Å². The first-order valence-electron chi connectivity index (χ1n) is 8.05. The predicted molar refractivity (Wildman–Crippen MR) is 98.4 cm³/mol. The minimum atomic E-state index is -0.211. The lowest BCUT2D eigenvalue weighted by atomic mass is 10.2. The third-order valence-corrected chi connectivity index (χ3v) is 4.62. The number of rotatable bonds is 7. The van der Waals surface area contributed by atoms with E-state index in [0.29, 0.717) is 29.4 Å². The van der Waals surface area contributed by atoms with E-state index in [1.807, 2.05) is 13.8 Å². The van der Waals surface area contributed by atoms with Gasteiger partial charge in [0.25, 0.3) is 10.9 Å². The fourth-order valence-corrected chi connectivity index (χ4v) is 2.96. The maximum atomic E-state index is 12.2. The maximum absolute atomic E-state index is 12.2. The highest BCUT2D eigenvalue weighted by Crippen LogP contribution is 2.15. The van der Waals surface area contributed by atoms with Crippen LogP contribution in [0, 0.1) is 5.21 Å². The van der Waals surface area contributed by atoms with Crippen molar-refractivity contribution >= 4 is 29.3 Å². The van der Waals surface area contributed by atoms with Gasteiger partial charge in [-0.05, 0) is 55.9 Å². The average Bonchev–Trinajstić information content (AvgIpc) is 2.62. The standard InChI is InChI=1S/C18H21N3O3S/c1-3-20(4-2)18(23)14-8-10-15(11-9-14)19-16(22)13-25-17-7-5-6-12-21(17)24/h5-12H,3-4,13H2,1-2H3,(H,19,22). The number of nitrogens with one attached hydrogen (secondary N) is 1. The first-order chi connectivity index (χ1) is 12.0. The summed E-state index contributed by atoms with van der Waals surface area (Å²) in [6.45, 7) is 5.19. The SMILES string of the molecule is CCN(CC)C(=O)c1ccc(NC(=O)CSc2cccc[n+]2[O-])cc1. The predicted octanol–water partition coefficient (Wildman–Crippen LogP) is 2.53. The van der Waals surface area contributed by atoms with Gasteiger partial charge in [0.1, 0.15) is 0 Å². The lowest BCUT2D eigenvalue weighted by molar-refractivity contribution is -0.645. The highest BCUT2D eigenvalue weighted by Gasteiger charge is 2.13. The van der Waals surface area contributed by atoms with Crippen LogP contribution in [0.5, 0.6) is 0 Å². The normalized spacial score (nSPS) is 10.3. The quantitative estimate of drug-likeness (QED) is 0.468. The maximum Gasteiger partial charge on any atom is 0.253 e. The third-order valence-electron chi connectivity index (χ3n) is 3.61. The van der Waals surface area contributed by atoms with E-state index in [4.69, 9.17) is 0 Å². The number of thioether (sulfide) groups is 1. The number of hydrogen-bond donors (Lipinski definition) is 1. The number of nitrogens with zero attached hydrogens (tertiary/aromatic N) is 2. The first-order valence-corrected chi connectivity index (χ1v) is 9.03. The Morgan fingerprint density at radius 2 is 1.80 bits per heavy atom. The van der Waals surface area contributed by atoms with Crippen LogP contribution in [-0.4, -0.2) is 35.6 Å².